The largest absolute Gasteiger partial charge is 0.306 e. The molecular formula is C13H18BrFN2. The van der Waals surface area contributed by atoms with Gasteiger partial charge in [0, 0.05) is 18.6 Å². The maximum Gasteiger partial charge on any atom is 0.137 e. The summed E-state index contributed by atoms with van der Waals surface area (Å²) in [7, 11) is 2.14. The Labute approximate surface area is 110 Å². The van der Waals surface area contributed by atoms with Crippen LogP contribution in [-0.4, -0.2) is 31.1 Å². The van der Waals surface area contributed by atoms with Crippen molar-refractivity contribution in [1.29, 1.82) is 0 Å². The van der Waals surface area contributed by atoms with Crippen molar-refractivity contribution in [3.05, 3.63) is 34.1 Å². The predicted octanol–water partition coefficient (Wildman–Crippen LogP) is 2.94. The summed E-state index contributed by atoms with van der Waals surface area (Å²) in [6.07, 6.45) is 1.18. The van der Waals surface area contributed by atoms with Crippen molar-refractivity contribution in [3.8, 4) is 0 Å². The molecule has 2 unspecified atom stereocenters. The first-order valence-electron chi connectivity index (χ1n) is 5.96. The van der Waals surface area contributed by atoms with Gasteiger partial charge < -0.3 is 10.2 Å². The molecule has 17 heavy (non-hydrogen) atoms. The molecule has 2 rings (SSSR count). The lowest BCUT2D eigenvalue weighted by atomic mass is 10.1. The molecule has 1 heterocycles. The molecule has 1 N–H and O–H groups in total. The van der Waals surface area contributed by atoms with Crippen LogP contribution in [0.3, 0.4) is 0 Å². The number of likely N-dealkylation sites (N-methyl/N-ethyl adjacent to an activating group) is 1. The van der Waals surface area contributed by atoms with Gasteiger partial charge in [-0.3, -0.25) is 0 Å². The van der Waals surface area contributed by atoms with Crippen LogP contribution < -0.4 is 5.32 Å². The average molecular weight is 301 g/mol. The number of likely N-dealkylation sites (tertiary alicyclic amines) is 1. The van der Waals surface area contributed by atoms with Crippen LogP contribution in [0.15, 0.2) is 22.7 Å². The van der Waals surface area contributed by atoms with Crippen LogP contribution in [0.4, 0.5) is 4.39 Å². The summed E-state index contributed by atoms with van der Waals surface area (Å²) in [5, 5.41) is 3.59. The number of nitrogens with one attached hydrogen (secondary N) is 1. The molecule has 1 aromatic carbocycles. The molecule has 94 valence electrons. The Bertz CT molecular complexity index is 397. The summed E-state index contributed by atoms with van der Waals surface area (Å²) >= 11 is 3.23. The van der Waals surface area contributed by atoms with E-state index in [0.29, 0.717) is 10.5 Å². The fourth-order valence-corrected chi connectivity index (χ4v) is 2.70. The number of nitrogens with zero attached hydrogens (tertiary/aromatic N) is 1. The van der Waals surface area contributed by atoms with E-state index in [1.165, 1.54) is 12.5 Å². The van der Waals surface area contributed by atoms with Gasteiger partial charge in [0.15, 0.2) is 0 Å². The van der Waals surface area contributed by atoms with Gasteiger partial charge in [0.25, 0.3) is 0 Å². The fraction of sp³-hybridized carbons (Fsp3) is 0.538. The van der Waals surface area contributed by atoms with Crippen molar-refractivity contribution < 1.29 is 4.39 Å². The highest BCUT2D eigenvalue weighted by atomic mass is 79.9. The molecule has 0 saturated carbocycles. The van der Waals surface area contributed by atoms with E-state index in [9.17, 15) is 4.39 Å². The highest BCUT2D eigenvalue weighted by molar-refractivity contribution is 9.10. The highest BCUT2D eigenvalue weighted by Gasteiger charge is 2.21. The molecule has 0 spiro atoms. The smallest absolute Gasteiger partial charge is 0.137 e. The quantitative estimate of drug-likeness (QED) is 0.923. The number of hydrogen-bond acceptors (Lipinski definition) is 2. The zero-order valence-corrected chi connectivity index (χ0v) is 11.8. The van der Waals surface area contributed by atoms with E-state index in [4.69, 9.17) is 0 Å². The Morgan fingerprint density at radius 2 is 2.29 bits per heavy atom. The minimum absolute atomic E-state index is 0.207. The molecule has 1 aromatic rings. The summed E-state index contributed by atoms with van der Waals surface area (Å²) in [5.41, 5.74) is 1.12. The second-order valence-corrected chi connectivity index (χ2v) is 5.66. The highest BCUT2D eigenvalue weighted by Crippen LogP contribution is 2.22. The van der Waals surface area contributed by atoms with Crippen molar-refractivity contribution in [2.45, 2.75) is 25.4 Å². The van der Waals surface area contributed by atoms with E-state index in [1.807, 2.05) is 12.1 Å². The van der Waals surface area contributed by atoms with Crippen LogP contribution in [0.25, 0.3) is 0 Å². The Kier molecular flexibility index (Phi) is 4.17. The summed E-state index contributed by atoms with van der Waals surface area (Å²) < 4.78 is 13.7. The molecule has 2 nitrogen and oxygen atoms in total. The minimum Gasteiger partial charge on any atom is -0.306 e. The van der Waals surface area contributed by atoms with Crippen LogP contribution in [-0.2, 0) is 0 Å². The molecule has 1 aliphatic heterocycles. The van der Waals surface area contributed by atoms with Crippen LogP contribution in [0.1, 0.15) is 24.9 Å². The third-order valence-electron chi connectivity index (χ3n) is 3.32. The van der Waals surface area contributed by atoms with Gasteiger partial charge in [-0.2, -0.15) is 0 Å². The second-order valence-electron chi connectivity index (χ2n) is 4.81. The van der Waals surface area contributed by atoms with Crippen LogP contribution in [0, 0.1) is 5.82 Å². The van der Waals surface area contributed by atoms with Gasteiger partial charge in [0.05, 0.1) is 4.47 Å². The standard InChI is InChI=1S/C13H18BrFN2/c1-9(16-11-5-6-17(2)8-11)10-3-4-13(15)12(14)7-10/h3-4,7,9,11,16H,5-6,8H2,1-2H3. The summed E-state index contributed by atoms with van der Waals surface area (Å²) in [6.45, 7) is 4.36. The maximum atomic E-state index is 13.1. The summed E-state index contributed by atoms with van der Waals surface area (Å²) in [5.74, 6) is -0.207. The number of hydrogen-bond donors (Lipinski definition) is 1. The third kappa shape index (κ3) is 3.27. The van der Waals surface area contributed by atoms with Crippen LogP contribution in [0.5, 0.6) is 0 Å². The van der Waals surface area contributed by atoms with Gasteiger partial charge in [-0.25, -0.2) is 4.39 Å². The second kappa shape index (κ2) is 5.46. The lowest BCUT2D eigenvalue weighted by Gasteiger charge is -2.20. The maximum absolute atomic E-state index is 13.1. The van der Waals surface area contributed by atoms with Crippen molar-refractivity contribution >= 4 is 15.9 Å². The molecule has 0 bridgehead atoms. The molecule has 0 aromatic heterocycles. The van der Waals surface area contributed by atoms with Crippen LogP contribution >= 0.6 is 15.9 Å². The van der Waals surface area contributed by atoms with Gasteiger partial charge in [0.2, 0.25) is 0 Å². The van der Waals surface area contributed by atoms with Crippen molar-refractivity contribution in [2.75, 3.05) is 20.1 Å². The van der Waals surface area contributed by atoms with Gasteiger partial charge >= 0.3 is 0 Å². The topological polar surface area (TPSA) is 15.3 Å². The van der Waals surface area contributed by atoms with Gasteiger partial charge in [-0.15, -0.1) is 0 Å². The van der Waals surface area contributed by atoms with Gasteiger partial charge in [-0.05, 0) is 60.6 Å². The zero-order chi connectivity index (χ0) is 12.4. The Balaban J connectivity index is 1.99. The molecule has 1 fully saturated rings. The predicted molar refractivity (Wildman–Crippen MR) is 71.6 cm³/mol. The summed E-state index contributed by atoms with van der Waals surface area (Å²) in [6, 6.07) is 6.00. The molecule has 4 heteroatoms. The molecule has 0 amide bonds. The molecule has 2 atom stereocenters. The lowest BCUT2D eigenvalue weighted by molar-refractivity contribution is 0.387. The molecule has 1 saturated heterocycles. The van der Waals surface area contributed by atoms with E-state index >= 15 is 0 Å². The first-order chi connectivity index (χ1) is 8.06. The van der Waals surface area contributed by atoms with E-state index < -0.39 is 0 Å². The van der Waals surface area contributed by atoms with Crippen molar-refractivity contribution in [1.82, 2.24) is 10.2 Å². The van der Waals surface area contributed by atoms with Crippen molar-refractivity contribution in [3.63, 3.8) is 0 Å². The van der Waals surface area contributed by atoms with Gasteiger partial charge in [0.1, 0.15) is 5.82 Å². The molecule has 0 aliphatic carbocycles. The number of halogens is 2. The first kappa shape index (κ1) is 13.0. The Morgan fingerprint density at radius 3 is 2.88 bits per heavy atom. The van der Waals surface area contributed by atoms with E-state index in [0.717, 1.165) is 18.7 Å². The van der Waals surface area contributed by atoms with Crippen LogP contribution in [0.2, 0.25) is 0 Å². The Hall–Kier alpha value is -0.450. The minimum atomic E-state index is -0.207. The van der Waals surface area contributed by atoms with E-state index in [-0.39, 0.29) is 11.9 Å². The average Bonchev–Trinajstić information content (AvgIpc) is 2.68. The SMILES string of the molecule is CC(NC1CCN(C)C1)c1ccc(F)c(Br)c1. The normalized spacial score (nSPS) is 22.9. The third-order valence-corrected chi connectivity index (χ3v) is 3.93. The fourth-order valence-electron chi connectivity index (χ4n) is 2.30. The lowest BCUT2D eigenvalue weighted by Crippen LogP contribution is -2.33. The number of rotatable bonds is 3. The van der Waals surface area contributed by atoms with E-state index in [2.05, 4.69) is 40.1 Å². The van der Waals surface area contributed by atoms with E-state index in [1.54, 1.807) is 0 Å². The van der Waals surface area contributed by atoms with Crippen molar-refractivity contribution in [2.24, 2.45) is 0 Å². The number of benzene rings is 1. The zero-order valence-electron chi connectivity index (χ0n) is 10.2. The first-order valence-corrected chi connectivity index (χ1v) is 6.75. The monoisotopic (exact) mass is 300 g/mol. The summed E-state index contributed by atoms with van der Waals surface area (Å²) in [4.78, 5) is 2.32. The molecule has 0 radical (unpaired) electrons. The Morgan fingerprint density at radius 1 is 1.53 bits per heavy atom. The molecular weight excluding hydrogens is 283 g/mol. The van der Waals surface area contributed by atoms with Gasteiger partial charge in [-0.1, -0.05) is 6.07 Å². The molecule has 1 aliphatic rings.